The number of carbonyl (C=O) groups is 1. The third kappa shape index (κ3) is 6.07. The van der Waals surface area contributed by atoms with Crippen LogP contribution in [-0.2, 0) is 11.3 Å². The van der Waals surface area contributed by atoms with Crippen LogP contribution >= 0.6 is 0 Å². The third-order valence-corrected chi connectivity index (χ3v) is 7.08. The van der Waals surface area contributed by atoms with Crippen LogP contribution in [0.25, 0.3) is 22.2 Å². The van der Waals surface area contributed by atoms with Crippen LogP contribution in [0.4, 0.5) is 4.39 Å². The summed E-state index contributed by atoms with van der Waals surface area (Å²) >= 11 is 0. The van der Waals surface area contributed by atoms with E-state index in [0.29, 0.717) is 28.7 Å². The number of amides is 1. The number of hydrogen-bond donors (Lipinski definition) is 1. The largest absolute Gasteiger partial charge is 0.379 e. The Balaban J connectivity index is 1.32. The molecule has 0 saturated carbocycles. The second-order valence-electron chi connectivity index (χ2n) is 9.70. The second-order valence-corrected chi connectivity index (χ2v) is 9.70. The number of fused-ring (bicyclic) bond motifs is 1. The Morgan fingerprint density at radius 1 is 0.972 bits per heavy atom. The first-order valence-corrected chi connectivity index (χ1v) is 12.7. The van der Waals surface area contributed by atoms with Crippen molar-refractivity contribution in [3.8, 4) is 11.3 Å². The Morgan fingerprint density at radius 2 is 1.72 bits per heavy atom. The first-order chi connectivity index (χ1) is 17.5. The van der Waals surface area contributed by atoms with E-state index in [9.17, 15) is 9.18 Å². The van der Waals surface area contributed by atoms with Gasteiger partial charge in [0, 0.05) is 69.9 Å². The van der Waals surface area contributed by atoms with Gasteiger partial charge >= 0.3 is 0 Å². The highest BCUT2D eigenvalue weighted by Crippen LogP contribution is 2.26. The number of likely N-dealkylation sites (N-methyl/N-ethyl adjacent to an activating group) is 1. The van der Waals surface area contributed by atoms with Crippen LogP contribution in [0.15, 0.2) is 48.5 Å². The number of nitrogens with one attached hydrogen (secondary N) is 1. The lowest BCUT2D eigenvalue weighted by Crippen LogP contribution is -2.46. The zero-order chi connectivity index (χ0) is 24.9. The molecule has 2 saturated heterocycles. The van der Waals surface area contributed by atoms with E-state index in [1.54, 1.807) is 12.1 Å². The molecule has 2 fully saturated rings. The molecule has 8 heteroatoms. The van der Waals surface area contributed by atoms with Crippen LogP contribution in [-0.4, -0.2) is 98.2 Å². The molecule has 5 rings (SSSR count). The third-order valence-electron chi connectivity index (χ3n) is 7.08. The standard InChI is InChI=1S/C28H34FN5O2/c1-32-10-12-33(13-11-32)9-8-30-28(35)25-19-27(31-26-7-6-23(29)18-24(25)26)22-4-2-21(3-5-22)20-34-14-16-36-17-15-34/h2-7,18-19H,8-17,20H2,1H3,(H,30,35). The SMILES string of the molecule is CN1CCN(CCNC(=O)c2cc(-c3ccc(CN4CCOCC4)cc3)nc3ccc(F)cc23)CC1. The number of hydrogen-bond acceptors (Lipinski definition) is 6. The van der Waals surface area contributed by atoms with Gasteiger partial charge in [-0.05, 0) is 36.9 Å². The number of carbonyl (C=O) groups excluding carboxylic acids is 1. The van der Waals surface area contributed by atoms with Crippen molar-refractivity contribution in [3.05, 3.63) is 65.5 Å². The molecule has 0 spiro atoms. The number of halogens is 1. The van der Waals surface area contributed by atoms with Crippen LogP contribution in [0.1, 0.15) is 15.9 Å². The Morgan fingerprint density at radius 3 is 2.47 bits per heavy atom. The molecule has 36 heavy (non-hydrogen) atoms. The molecule has 3 heterocycles. The molecule has 190 valence electrons. The summed E-state index contributed by atoms with van der Waals surface area (Å²) in [5.74, 6) is -0.580. The fraction of sp³-hybridized carbons (Fsp3) is 0.429. The molecule has 2 aromatic carbocycles. The van der Waals surface area contributed by atoms with E-state index < -0.39 is 0 Å². The average Bonchev–Trinajstić information content (AvgIpc) is 2.90. The van der Waals surface area contributed by atoms with E-state index in [1.165, 1.54) is 17.7 Å². The molecule has 2 aliphatic heterocycles. The highest BCUT2D eigenvalue weighted by Gasteiger charge is 2.17. The first-order valence-electron chi connectivity index (χ1n) is 12.7. The summed E-state index contributed by atoms with van der Waals surface area (Å²) in [5, 5.41) is 3.57. The monoisotopic (exact) mass is 491 g/mol. The van der Waals surface area contributed by atoms with Crippen LogP contribution in [0, 0.1) is 5.82 Å². The predicted molar refractivity (Wildman–Crippen MR) is 140 cm³/mol. The minimum Gasteiger partial charge on any atom is -0.379 e. The maximum atomic E-state index is 14.1. The number of pyridine rings is 1. The van der Waals surface area contributed by atoms with E-state index in [-0.39, 0.29) is 11.7 Å². The smallest absolute Gasteiger partial charge is 0.252 e. The maximum absolute atomic E-state index is 14.1. The van der Waals surface area contributed by atoms with E-state index in [4.69, 9.17) is 9.72 Å². The van der Waals surface area contributed by atoms with Gasteiger partial charge in [0.05, 0.1) is 30.0 Å². The molecule has 1 amide bonds. The van der Waals surface area contributed by atoms with E-state index >= 15 is 0 Å². The van der Waals surface area contributed by atoms with Crippen molar-refractivity contribution in [2.45, 2.75) is 6.54 Å². The fourth-order valence-electron chi connectivity index (χ4n) is 4.83. The van der Waals surface area contributed by atoms with Crippen molar-refractivity contribution >= 4 is 16.8 Å². The molecule has 0 aliphatic carbocycles. The first kappa shape index (κ1) is 24.8. The van der Waals surface area contributed by atoms with Gasteiger partial charge in [-0.3, -0.25) is 14.6 Å². The van der Waals surface area contributed by atoms with Crippen molar-refractivity contribution in [1.29, 1.82) is 0 Å². The number of morpholine rings is 1. The molecule has 0 bridgehead atoms. The molecule has 1 aromatic heterocycles. The number of nitrogens with zero attached hydrogens (tertiary/aromatic N) is 4. The molecule has 0 atom stereocenters. The number of ether oxygens (including phenoxy) is 1. The molecule has 0 unspecified atom stereocenters. The topological polar surface area (TPSA) is 60.9 Å². The lowest BCUT2D eigenvalue weighted by molar-refractivity contribution is 0.0342. The van der Waals surface area contributed by atoms with Gasteiger partial charge in [0.1, 0.15) is 5.82 Å². The molecule has 1 N–H and O–H groups in total. The molecule has 0 radical (unpaired) electrons. The van der Waals surface area contributed by atoms with Gasteiger partial charge in [-0.15, -0.1) is 0 Å². The normalized spacial score (nSPS) is 17.9. The van der Waals surface area contributed by atoms with Gasteiger partial charge < -0.3 is 15.0 Å². The van der Waals surface area contributed by atoms with E-state index in [0.717, 1.165) is 71.1 Å². The molecule has 2 aliphatic rings. The van der Waals surface area contributed by atoms with Crippen molar-refractivity contribution in [2.24, 2.45) is 0 Å². The highest BCUT2D eigenvalue weighted by atomic mass is 19.1. The summed E-state index contributed by atoms with van der Waals surface area (Å²) in [5.41, 5.74) is 3.92. The van der Waals surface area contributed by atoms with Gasteiger partial charge in [0.15, 0.2) is 0 Å². The van der Waals surface area contributed by atoms with Crippen molar-refractivity contribution in [3.63, 3.8) is 0 Å². The summed E-state index contributed by atoms with van der Waals surface area (Å²) in [6.07, 6.45) is 0. The van der Waals surface area contributed by atoms with Crippen molar-refractivity contribution in [1.82, 2.24) is 25.0 Å². The predicted octanol–water partition coefficient (Wildman–Crippen LogP) is 2.85. The van der Waals surface area contributed by atoms with E-state index in [2.05, 4.69) is 39.2 Å². The zero-order valence-electron chi connectivity index (χ0n) is 20.9. The summed E-state index contributed by atoms with van der Waals surface area (Å²) in [4.78, 5) is 25.0. The Kier molecular flexibility index (Phi) is 7.87. The summed E-state index contributed by atoms with van der Waals surface area (Å²) < 4.78 is 19.5. The summed E-state index contributed by atoms with van der Waals surface area (Å²) in [7, 11) is 2.13. The van der Waals surface area contributed by atoms with Crippen LogP contribution in [0.2, 0.25) is 0 Å². The Hall–Kier alpha value is -2.91. The average molecular weight is 492 g/mol. The van der Waals surface area contributed by atoms with Gasteiger partial charge in [-0.2, -0.15) is 0 Å². The molecule has 3 aromatic rings. The number of benzene rings is 2. The minimum atomic E-state index is -0.379. The highest BCUT2D eigenvalue weighted by molar-refractivity contribution is 6.07. The van der Waals surface area contributed by atoms with Crippen LogP contribution in [0.3, 0.4) is 0 Å². The molecular weight excluding hydrogens is 457 g/mol. The van der Waals surface area contributed by atoms with Crippen LogP contribution in [0.5, 0.6) is 0 Å². The minimum absolute atomic E-state index is 0.202. The lowest BCUT2D eigenvalue weighted by atomic mass is 10.0. The second kappa shape index (κ2) is 11.4. The van der Waals surface area contributed by atoms with Crippen molar-refractivity contribution in [2.75, 3.05) is 72.6 Å². The van der Waals surface area contributed by atoms with Gasteiger partial charge in [-0.25, -0.2) is 9.37 Å². The van der Waals surface area contributed by atoms with Crippen LogP contribution < -0.4 is 5.32 Å². The quantitative estimate of drug-likeness (QED) is 0.549. The van der Waals surface area contributed by atoms with Gasteiger partial charge in [0.2, 0.25) is 0 Å². The molecule has 7 nitrogen and oxygen atoms in total. The Bertz CT molecular complexity index is 1190. The number of piperazine rings is 1. The maximum Gasteiger partial charge on any atom is 0.252 e. The Labute approximate surface area is 211 Å². The van der Waals surface area contributed by atoms with Gasteiger partial charge in [-0.1, -0.05) is 24.3 Å². The summed E-state index contributed by atoms with van der Waals surface area (Å²) in [6.45, 7) is 9.75. The number of rotatable bonds is 7. The zero-order valence-corrected chi connectivity index (χ0v) is 20.9. The molecular formula is C28H34FN5O2. The fourth-order valence-corrected chi connectivity index (χ4v) is 4.83. The van der Waals surface area contributed by atoms with Gasteiger partial charge in [0.25, 0.3) is 5.91 Å². The number of aromatic nitrogens is 1. The van der Waals surface area contributed by atoms with Crippen molar-refractivity contribution < 1.29 is 13.9 Å². The van der Waals surface area contributed by atoms with E-state index in [1.807, 2.05) is 12.1 Å². The lowest BCUT2D eigenvalue weighted by Gasteiger charge is -2.32. The summed E-state index contributed by atoms with van der Waals surface area (Å²) in [6, 6.07) is 14.5.